The van der Waals surface area contributed by atoms with Gasteiger partial charge >= 0.3 is 0 Å². The second-order valence-electron chi connectivity index (χ2n) is 7.10. The van der Waals surface area contributed by atoms with Gasteiger partial charge < -0.3 is 14.7 Å². The Bertz CT molecular complexity index is 885. The zero-order valence-corrected chi connectivity index (χ0v) is 16.4. The van der Waals surface area contributed by atoms with E-state index in [2.05, 4.69) is 0 Å². The Labute approximate surface area is 165 Å². The molecule has 3 rings (SSSR count). The first kappa shape index (κ1) is 19.7. The van der Waals surface area contributed by atoms with Crippen molar-refractivity contribution >= 4 is 11.7 Å². The molecule has 0 radical (unpaired) electrons. The van der Waals surface area contributed by atoms with Gasteiger partial charge in [-0.1, -0.05) is 56.3 Å². The SMILES string of the molecule is CCOc1ccc(CN2C(=O)C(O)=C(C(=O)C(C)C)C2c2ccccc2)cc1. The number of aliphatic hydroxyl groups is 1. The fraction of sp³-hybridized carbons (Fsp3) is 0.304. The number of carbonyl (C=O) groups is 2. The van der Waals surface area contributed by atoms with Gasteiger partial charge in [0, 0.05) is 12.5 Å². The first-order chi connectivity index (χ1) is 13.4. The van der Waals surface area contributed by atoms with Crippen LogP contribution in [-0.4, -0.2) is 28.3 Å². The molecule has 1 amide bonds. The van der Waals surface area contributed by atoms with Crippen LogP contribution in [0.4, 0.5) is 0 Å². The predicted octanol–water partition coefficient (Wildman–Crippen LogP) is 4.21. The first-order valence-corrected chi connectivity index (χ1v) is 9.49. The summed E-state index contributed by atoms with van der Waals surface area (Å²) in [5.74, 6) is -0.740. The fourth-order valence-electron chi connectivity index (χ4n) is 3.42. The van der Waals surface area contributed by atoms with Gasteiger partial charge in [-0.15, -0.1) is 0 Å². The Morgan fingerprint density at radius 2 is 1.75 bits per heavy atom. The van der Waals surface area contributed by atoms with Gasteiger partial charge in [0.15, 0.2) is 11.5 Å². The van der Waals surface area contributed by atoms with Crippen LogP contribution < -0.4 is 4.74 Å². The highest BCUT2D eigenvalue weighted by Gasteiger charge is 2.43. The average molecular weight is 379 g/mol. The van der Waals surface area contributed by atoms with Crippen LogP contribution in [-0.2, 0) is 16.1 Å². The summed E-state index contributed by atoms with van der Waals surface area (Å²) >= 11 is 0. The van der Waals surface area contributed by atoms with Crippen molar-refractivity contribution in [2.75, 3.05) is 6.61 Å². The molecule has 5 nitrogen and oxygen atoms in total. The lowest BCUT2D eigenvalue weighted by Gasteiger charge is -2.27. The van der Waals surface area contributed by atoms with E-state index in [0.29, 0.717) is 6.61 Å². The number of ether oxygens (including phenoxy) is 1. The number of amides is 1. The molecule has 0 aromatic heterocycles. The molecule has 0 fully saturated rings. The van der Waals surface area contributed by atoms with Crippen molar-refractivity contribution in [3.8, 4) is 5.75 Å². The van der Waals surface area contributed by atoms with E-state index in [-0.39, 0.29) is 23.8 Å². The molecule has 0 bridgehead atoms. The molecule has 5 heteroatoms. The molecular weight excluding hydrogens is 354 g/mol. The molecule has 0 spiro atoms. The van der Waals surface area contributed by atoms with Gasteiger partial charge in [0.05, 0.1) is 18.2 Å². The lowest BCUT2D eigenvalue weighted by molar-refractivity contribution is -0.130. The normalized spacial score (nSPS) is 16.8. The van der Waals surface area contributed by atoms with Crippen LogP contribution in [0.2, 0.25) is 0 Å². The van der Waals surface area contributed by atoms with Crippen LogP contribution in [0.15, 0.2) is 65.9 Å². The number of hydrogen-bond acceptors (Lipinski definition) is 4. The summed E-state index contributed by atoms with van der Waals surface area (Å²) < 4.78 is 5.46. The number of Topliss-reactive ketones (excluding diaryl/α,β-unsaturated/α-hetero) is 1. The van der Waals surface area contributed by atoms with Crippen molar-refractivity contribution in [2.24, 2.45) is 5.92 Å². The van der Waals surface area contributed by atoms with Crippen molar-refractivity contribution in [3.63, 3.8) is 0 Å². The third kappa shape index (κ3) is 3.79. The number of nitrogens with zero attached hydrogens (tertiary/aromatic N) is 1. The van der Waals surface area contributed by atoms with Gasteiger partial charge in [-0.25, -0.2) is 0 Å². The Kier molecular flexibility index (Phi) is 5.83. The molecule has 0 aliphatic carbocycles. The molecular formula is C23H25NO4. The van der Waals surface area contributed by atoms with Crippen LogP contribution in [0, 0.1) is 5.92 Å². The van der Waals surface area contributed by atoms with Crippen LogP contribution in [0.3, 0.4) is 0 Å². The summed E-state index contributed by atoms with van der Waals surface area (Å²) in [6, 6.07) is 16.2. The summed E-state index contributed by atoms with van der Waals surface area (Å²) in [7, 11) is 0. The van der Waals surface area contributed by atoms with E-state index in [0.717, 1.165) is 16.9 Å². The fourth-order valence-corrected chi connectivity index (χ4v) is 3.42. The largest absolute Gasteiger partial charge is 0.503 e. The maximum atomic E-state index is 12.8. The van der Waals surface area contributed by atoms with Gasteiger partial charge in [0.1, 0.15) is 5.75 Å². The van der Waals surface area contributed by atoms with E-state index in [4.69, 9.17) is 4.74 Å². The molecule has 0 saturated heterocycles. The minimum Gasteiger partial charge on any atom is -0.503 e. The Morgan fingerprint density at radius 3 is 2.32 bits per heavy atom. The van der Waals surface area contributed by atoms with Gasteiger partial charge in [0.2, 0.25) is 0 Å². The van der Waals surface area contributed by atoms with Gasteiger partial charge in [-0.3, -0.25) is 9.59 Å². The molecule has 2 aromatic carbocycles. The number of hydrogen-bond donors (Lipinski definition) is 1. The molecule has 2 aromatic rings. The standard InChI is InChI=1S/C23H25NO4/c1-4-28-18-12-10-16(11-13-18)14-24-20(17-8-6-5-7-9-17)19(21(25)15(2)3)22(26)23(24)27/h5-13,15,20,26H,4,14H2,1-3H3. The van der Waals surface area contributed by atoms with Crippen LogP contribution in [0.25, 0.3) is 0 Å². The molecule has 146 valence electrons. The smallest absolute Gasteiger partial charge is 0.290 e. The highest BCUT2D eigenvalue weighted by Crippen LogP contribution is 2.39. The van der Waals surface area contributed by atoms with Gasteiger partial charge in [0.25, 0.3) is 5.91 Å². The highest BCUT2D eigenvalue weighted by molar-refractivity contribution is 6.09. The van der Waals surface area contributed by atoms with Gasteiger partial charge in [-0.2, -0.15) is 0 Å². The predicted molar refractivity (Wildman–Crippen MR) is 107 cm³/mol. The summed E-state index contributed by atoms with van der Waals surface area (Å²) in [4.78, 5) is 27.2. The van der Waals surface area contributed by atoms with Gasteiger partial charge in [-0.05, 0) is 30.2 Å². The van der Waals surface area contributed by atoms with Crippen LogP contribution in [0.5, 0.6) is 5.75 Å². The number of ketones is 1. The molecule has 0 saturated carbocycles. The summed E-state index contributed by atoms with van der Waals surface area (Å²) in [6.07, 6.45) is 0. The third-order valence-electron chi connectivity index (χ3n) is 4.80. The van der Waals surface area contributed by atoms with Crippen molar-refractivity contribution in [2.45, 2.75) is 33.4 Å². The topological polar surface area (TPSA) is 66.8 Å². The zero-order valence-electron chi connectivity index (χ0n) is 16.4. The molecule has 28 heavy (non-hydrogen) atoms. The van der Waals surface area contributed by atoms with Crippen molar-refractivity contribution < 1.29 is 19.4 Å². The summed E-state index contributed by atoms with van der Waals surface area (Å²) in [6.45, 7) is 6.32. The van der Waals surface area contributed by atoms with E-state index in [1.54, 1.807) is 18.7 Å². The summed E-state index contributed by atoms with van der Waals surface area (Å²) in [5, 5.41) is 10.5. The lowest BCUT2D eigenvalue weighted by atomic mass is 9.91. The van der Waals surface area contributed by atoms with Crippen molar-refractivity contribution in [1.29, 1.82) is 0 Å². The minimum absolute atomic E-state index is 0.178. The van der Waals surface area contributed by atoms with E-state index >= 15 is 0 Å². The molecule has 1 heterocycles. The second kappa shape index (κ2) is 8.30. The average Bonchev–Trinajstić information content (AvgIpc) is 2.94. The number of benzene rings is 2. The first-order valence-electron chi connectivity index (χ1n) is 9.49. The lowest BCUT2D eigenvalue weighted by Crippen LogP contribution is -2.31. The maximum absolute atomic E-state index is 12.8. The van der Waals surface area contributed by atoms with Crippen LogP contribution >= 0.6 is 0 Å². The van der Waals surface area contributed by atoms with E-state index in [9.17, 15) is 14.7 Å². The molecule has 1 aliphatic heterocycles. The van der Waals surface area contributed by atoms with Crippen LogP contribution in [0.1, 0.15) is 37.9 Å². The molecule has 1 N–H and O–H groups in total. The Morgan fingerprint density at radius 1 is 1.11 bits per heavy atom. The van der Waals surface area contributed by atoms with E-state index in [1.165, 1.54) is 0 Å². The van der Waals surface area contributed by atoms with E-state index < -0.39 is 17.7 Å². The number of aliphatic hydroxyl groups excluding tert-OH is 1. The van der Waals surface area contributed by atoms with Crippen molar-refractivity contribution in [3.05, 3.63) is 77.1 Å². The Hall–Kier alpha value is -3.08. The third-order valence-corrected chi connectivity index (χ3v) is 4.80. The molecule has 1 unspecified atom stereocenters. The molecule has 1 atom stereocenters. The summed E-state index contributed by atoms with van der Waals surface area (Å²) in [5.41, 5.74) is 1.87. The highest BCUT2D eigenvalue weighted by atomic mass is 16.5. The number of rotatable bonds is 7. The van der Waals surface area contributed by atoms with E-state index in [1.807, 2.05) is 61.5 Å². The number of carbonyl (C=O) groups excluding carboxylic acids is 2. The minimum atomic E-state index is -0.602. The van der Waals surface area contributed by atoms with Crippen molar-refractivity contribution in [1.82, 2.24) is 4.90 Å². The molecule has 1 aliphatic rings. The quantitative estimate of drug-likeness (QED) is 0.783. The second-order valence-corrected chi connectivity index (χ2v) is 7.10. The monoisotopic (exact) mass is 379 g/mol. The zero-order chi connectivity index (χ0) is 20.3. The maximum Gasteiger partial charge on any atom is 0.290 e. The Balaban J connectivity index is 1.97.